The molecule has 0 unspecified atom stereocenters. The van der Waals surface area contributed by atoms with Crippen LogP contribution < -0.4 is 36.9 Å². The summed E-state index contributed by atoms with van der Waals surface area (Å²) in [7, 11) is 3.14. The maximum absolute atomic E-state index is 12.4. The molecular formula is C27H34N8O3S2. The average molecular weight is 583 g/mol. The summed E-state index contributed by atoms with van der Waals surface area (Å²) in [6.07, 6.45) is 2.14. The Hall–Kier alpha value is -4.10. The van der Waals surface area contributed by atoms with Crippen molar-refractivity contribution in [1.82, 2.24) is 20.9 Å². The first-order chi connectivity index (χ1) is 19.4. The molecule has 3 rings (SSSR count). The molecule has 0 saturated carbocycles. The maximum Gasteiger partial charge on any atom is 0.221 e. The Kier molecular flexibility index (Phi) is 12.8. The van der Waals surface area contributed by atoms with Gasteiger partial charge in [0.05, 0.1) is 13.1 Å². The molecule has 1 aromatic heterocycles. The molecule has 0 spiro atoms. The summed E-state index contributed by atoms with van der Waals surface area (Å²) >= 11 is 0. The molecule has 0 radical (unpaired) electrons. The van der Waals surface area contributed by atoms with Crippen LogP contribution in [0.3, 0.4) is 0 Å². The smallest absolute Gasteiger partial charge is 0.221 e. The number of hydrogen-bond acceptors (Lipinski definition) is 8. The van der Waals surface area contributed by atoms with Gasteiger partial charge >= 0.3 is 0 Å². The molecule has 9 N–H and O–H groups in total. The Balaban J connectivity index is 1.63. The molecule has 0 fully saturated rings. The lowest BCUT2D eigenvalue weighted by Crippen LogP contribution is -2.33. The number of amides is 1. The van der Waals surface area contributed by atoms with Gasteiger partial charge in [-0.1, -0.05) is 47.2 Å². The Labute approximate surface area is 241 Å². The monoisotopic (exact) mass is 582 g/mol. The SMILES string of the molecule is N=C(N)NCCOc1ccccc1-c1ccc(CNC(=O)CCSSc2ccccn2)cc1OCCNC(=N)N. The van der Waals surface area contributed by atoms with Crippen LogP contribution in [0.5, 0.6) is 11.5 Å². The highest BCUT2D eigenvalue weighted by Crippen LogP contribution is 2.37. The lowest BCUT2D eigenvalue weighted by molar-refractivity contribution is -0.120. The third kappa shape index (κ3) is 10.9. The van der Waals surface area contributed by atoms with Crippen molar-refractivity contribution in [2.24, 2.45) is 11.5 Å². The van der Waals surface area contributed by atoms with Crippen LogP contribution in [0.4, 0.5) is 0 Å². The number of ether oxygens (including phenoxy) is 2. The van der Waals surface area contributed by atoms with Crippen molar-refractivity contribution in [1.29, 1.82) is 10.8 Å². The minimum Gasteiger partial charge on any atom is -0.491 e. The number of guanidine groups is 2. The molecule has 3 aromatic rings. The van der Waals surface area contributed by atoms with Gasteiger partial charge in [0, 0.05) is 36.0 Å². The Morgan fingerprint density at radius 2 is 1.52 bits per heavy atom. The van der Waals surface area contributed by atoms with Crippen molar-refractivity contribution in [2.75, 3.05) is 32.1 Å². The molecular weight excluding hydrogens is 548 g/mol. The third-order valence-corrected chi connectivity index (χ3v) is 7.52. The number of nitrogens with two attached hydrogens (primary N) is 2. The maximum atomic E-state index is 12.4. The molecule has 2 aromatic carbocycles. The van der Waals surface area contributed by atoms with Gasteiger partial charge < -0.3 is 36.9 Å². The lowest BCUT2D eigenvalue weighted by Gasteiger charge is -2.17. The van der Waals surface area contributed by atoms with Gasteiger partial charge in [-0.05, 0) is 40.6 Å². The second kappa shape index (κ2) is 16.8. The van der Waals surface area contributed by atoms with Crippen molar-refractivity contribution < 1.29 is 14.3 Å². The van der Waals surface area contributed by atoms with Crippen molar-refractivity contribution in [3.05, 3.63) is 72.4 Å². The third-order valence-electron chi connectivity index (χ3n) is 5.26. The number of rotatable bonds is 16. The predicted molar refractivity (Wildman–Crippen MR) is 162 cm³/mol. The molecule has 1 amide bonds. The lowest BCUT2D eigenvalue weighted by atomic mass is 10.0. The molecule has 0 saturated heterocycles. The summed E-state index contributed by atoms with van der Waals surface area (Å²) in [5.74, 6) is 1.65. The standard InChI is InChI=1S/C27H34N8O3S2/c28-26(29)33-12-14-37-22-6-2-1-5-20(22)21-9-8-19(17-23(21)38-15-13-34-27(30)31)18-35-24(36)10-16-39-40-25-7-3-4-11-32-25/h1-9,11,17H,10,12-16,18H2,(H,35,36)(H4,28,29,33)(H4,30,31,34). The molecule has 11 nitrogen and oxygen atoms in total. The zero-order valence-corrected chi connectivity index (χ0v) is 23.6. The number of benzene rings is 2. The van der Waals surface area contributed by atoms with Crippen LogP contribution >= 0.6 is 21.6 Å². The largest absolute Gasteiger partial charge is 0.491 e. The van der Waals surface area contributed by atoms with Crippen LogP contribution in [0.1, 0.15) is 12.0 Å². The van der Waals surface area contributed by atoms with E-state index in [-0.39, 0.29) is 24.4 Å². The molecule has 13 heteroatoms. The number of nitrogens with zero attached hydrogens (tertiary/aromatic N) is 1. The zero-order chi connectivity index (χ0) is 28.6. The van der Waals surface area contributed by atoms with E-state index >= 15 is 0 Å². The van der Waals surface area contributed by atoms with Crippen molar-refractivity contribution >= 4 is 39.4 Å². The molecule has 0 aliphatic rings. The molecule has 1 heterocycles. The number of carbonyl (C=O) groups is 1. The van der Waals surface area contributed by atoms with Crippen LogP contribution in [-0.2, 0) is 11.3 Å². The quantitative estimate of drug-likeness (QED) is 0.0573. The van der Waals surface area contributed by atoms with Crippen LogP contribution in [0.25, 0.3) is 11.1 Å². The van der Waals surface area contributed by atoms with Crippen LogP contribution in [0, 0.1) is 10.8 Å². The van der Waals surface area contributed by atoms with Gasteiger partial charge in [-0.3, -0.25) is 15.6 Å². The second-order valence-electron chi connectivity index (χ2n) is 8.30. The summed E-state index contributed by atoms with van der Waals surface area (Å²) in [6.45, 7) is 1.70. The zero-order valence-electron chi connectivity index (χ0n) is 21.9. The Morgan fingerprint density at radius 3 is 2.23 bits per heavy atom. The van der Waals surface area contributed by atoms with Gasteiger partial charge in [-0.15, -0.1) is 0 Å². The van der Waals surface area contributed by atoms with Crippen molar-refractivity contribution in [3.8, 4) is 22.6 Å². The number of carbonyl (C=O) groups excluding carboxylic acids is 1. The molecule has 0 atom stereocenters. The summed E-state index contributed by atoms with van der Waals surface area (Å²) in [6, 6.07) is 19.1. The fourth-order valence-electron chi connectivity index (χ4n) is 3.45. The molecule has 40 heavy (non-hydrogen) atoms. The first-order valence-corrected chi connectivity index (χ1v) is 14.8. The highest BCUT2D eigenvalue weighted by Gasteiger charge is 2.14. The van der Waals surface area contributed by atoms with Gasteiger partial charge in [0.15, 0.2) is 11.9 Å². The minimum atomic E-state index is -0.130. The summed E-state index contributed by atoms with van der Waals surface area (Å²) in [4.78, 5) is 16.7. The van der Waals surface area contributed by atoms with E-state index in [1.54, 1.807) is 27.8 Å². The number of nitrogens with one attached hydrogen (secondary N) is 5. The van der Waals surface area contributed by atoms with Crippen LogP contribution in [0.2, 0.25) is 0 Å². The first kappa shape index (κ1) is 30.4. The molecule has 0 aliphatic carbocycles. The van der Waals surface area contributed by atoms with E-state index in [0.717, 1.165) is 21.7 Å². The molecule has 0 aliphatic heterocycles. The minimum absolute atomic E-state index is 0.0377. The first-order valence-electron chi connectivity index (χ1n) is 12.5. The van der Waals surface area contributed by atoms with Gasteiger partial charge in [0.25, 0.3) is 0 Å². The van der Waals surface area contributed by atoms with Crippen LogP contribution in [0.15, 0.2) is 71.9 Å². The van der Waals surface area contributed by atoms with Crippen LogP contribution in [-0.4, -0.2) is 54.9 Å². The number of para-hydroxylation sites is 1. The number of hydrogen-bond donors (Lipinski definition) is 7. The van der Waals surface area contributed by atoms with Gasteiger partial charge in [0.1, 0.15) is 29.7 Å². The molecule has 212 valence electrons. The van der Waals surface area contributed by atoms with E-state index < -0.39 is 0 Å². The number of pyridine rings is 1. The topological polar surface area (TPSA) is 184 Å². The van der Waals surface area contributed by atoms with E-state index in [1.807, 2.05) is 60.7 Å². The van der Waals surface area contributed by atoms with Gasteiger partial charge in [0.2, 0.25) is 5.91 Å². The highest BCUT2D eigenvalue weighted by molar-refractivity contribution is 8.76. The molecule has 0 bridgehead atoms. The second-order valence-corrected chi connectivity index (χ2v) is 10.7. The average Bonchev–Trinajstić information content (AvgIpc) is 2.95. The number of aromatic nitrogens is 1. The summed E-state index contributed by atoms with van der Waals surface area (Å²) in [5.41, 5.74) is 13.3. The van der Waals surface area contributed by atoms with Crippen molar-refractivity contribution in [3.63, 3.8) is 0 Å². The Morgan fingerprint density at radius 1 is 0.850 bits per heavy atom. The van der Waals surface area contributed by atoms with E-state index in [1.165, 1.54) is 0 Å². The normalized spacial score (nSPS) is 10.4. The van der Waals surface area contributed by atoms with E-state index in [0.29, 0.717) is 49.9 Å². The predicted octanol–water partition coefficient (Wildman–Crippen LogP) is 2.92. The Bertz CT molecular complexity index is 1260. The van der Waals surface area contributed by atoms with Crippen molar-refractivity contribution in [2.45, 2.75) is 18.0 Å². The highest BCUT2D eigenvalue weighted by atomic mass is 33.1. The fourth-order valence-corrected chi connectivity index (χ4v) is 5.32. The summed E-state index contributed by atoms with van der Waals surface area (Å²) in [5, 5.41) is 24.0. The summed E-state index contributed by atoms with van der Waals surface area (Å²) < 4.78 is 12.0. The van der Waals surface area contributed by atoms with E-state index in [9.17, 15) is 4.79 Å². The van der Waals surface area contributed by atoms with E-state index in [2.05, 4.69) is 20.9 Å². The van der Waals surface area contributed by atoms with Gasteiger partial charge in [-0.25, -0.2) is 4.98 Å². The fraction of sp³-hybridized carbons (Fsp3) is 0.259. The van der Waals surface area contributed by atoms with E-state index in [4.69, 9.17) is 31.8 Å². The van der Waals surface area contributed by atoms with Gasteiger partial charge in [-0.2, -0.15) is 0 Å².